The molecule has 1 aliphatic rings. The number of fused-ring (bicyclic) bond motifs is 2. The molecule has 0 atom stereocenters. The third-order valence-corrected chi connectivity index (χ3v) is 8.69. The van der Waals surface area contributed by atoms with Crippen molar-refractivity contribution in [3.63, 3.8) is 0 Å². The normalized spacial score (nSPS) is 15.2. The first kappa shape index (κ1) is 26.0. The number of hydrogen-bond donors (Lipinski definition) is 0. The van der Waals surface area contributed by atoms with E-state index in [1.807, 2.05) is 4.90 Å². The molecule has 0 unspecified atom stereocenters. The molecule has 0 aliphatic carbocycles. The standard InChI is InChI=1S/C25H20Cl3F2N3O3S/c26-25(27,28)24(34)32-13-11-31(12-14-32)19-8-4-9-20-22(19)18(23(29)30)15-33(20)37(35,36)21-10-3-6-16-5-1-2-7-17(16)21/h1-10,15,23H,11-14H2. The van der Waals surface area contributed by atoms with Crippen molar-refractivity contribution < 1.29 is 22.0 Å². The summed E-state index contributed by atoms with van der Waals surface area (Å²) in [5, 5.41) is 1.36. The zero-order chi connectivity index (χ0) is 26.5. The number of piperazine rings is 1. The fourth-order valence-electron chi connectivity index (χ4n) is 4.75. The minimum absolute atomic E-state index is 0.0209. The number of hydrogen-bond acceptors (Lipinski definition) is 4. The number of alkyl halides is 5. The molecule has 1 amide bonds. The zero-order valence-corrected chi connectivity index (χ0v) is 22.2. The molecule has 5 rings (SSSR count). The molecule has 1 saturated heterocycles. The Morgan fingerprint density at radius 1 is 0.892 bits per heavy atom. The van der Waals surface area contributed by atoms with Gasteiger partial charge < -0.3 is 9.80 Å². The first-order valence-corrected chi connectivity index (χ1v) is 13.8. The maximum absolute atomic E-state index is 14.3. The fraction of sp³-hybridized carbons (Fsp3) is 0.240. The molecule has 1 aromatic heterocycles. The third-order valence-electron chi connectivity index (χ3n) is 6.47. The Bertz CT molecular complexity index is 1610. The van der Waals surface area contributed by atoms with Gasteiger partial charge in [-0.15, -0.1) is 0 Å². The Hall–Kier alpha value is -2.59. The van der Waals surface area contributed by atoms with Crippen molar-refractivity contribution in [3.05, 3.63) is 72.4 Å². The van der Waals surface area contributed by atoms with E-state index in [0.717, 1.165) is 15.6 Å². The molecule has 0 N–H and O–H groups in total. The van der Waals surface area contributed by atoms with Gasteiger partial charge in [-0.2, -0.15) is 0 Å². The van der Waals surface area contributed by atoms with Gasteiger partial charge in [0, 0.05) is 54.4 Å². The van der Waals surface area contributed by atoms with Gasteiger partial charge in [-0.3, -0.25) is 4.79 Å². The van der Waals surface area contributed by atoms with Crippen LogP contribution in [0.25, 0.3) is 21.7 Å². The smallest absolute Gasteiger partial charge is 0.274 e. The van der Waals surface area contributed by atoms with E-state index in [0.29, 0.717) is 11.1 Å². The van der Waals surface area contributed by atoms with Crippen molar-refractivity contribution in [2.45, 2.75) is 15.1 Å². The average Bonchev–Trinajstić information content (AvgIpc) is 3.29. The van der Waals surface area contributed by atoms with Crippen LogP contribution in [0.4, 0.5) is 14.5 Å². The molecular formula is C25H20Cl3F2N3O3S. The summed E-state index contributed by atoms with van der Waals surface area (Å²) >= 11 is 17.2. The van der Waals surface area contributed by atoms with Gasteiger partial charge in [0.1, 0.15) is 0 Å². The number of carbonyl (C=O) groups is 1. The number of carbonyl (C=O) groups excluding carboxylic acids is 1. The van der Waals surface area contributed by atoms with E-state index in [2.05, 4.69) is 0 Å². The molecule has 2 heterocycles. The average molecular weight is 587 g/mol. The van der Waals surface area contributed by atoms with Gasteiger partial charge >= 0.3 is 0 Å². The number of nitrogens with zero attached hydrogens (tertiary/aromatic N) is 3. The summed E-state index contributed by atoms with van der Waals surface area (Å²) in [7, 11) is -4.22. The van der Waals surface area contributed by atoms with Gasteiger partial charge in [-0.05, 0) is 23.6 Å². The van der Waals surface area contributed by atoms with Crippen molar-refractivity contribution in [1.29, 1.82) is 0 Å². The molecule has 1 fully saturated rings. The molecule has 1 aliphatic heterocycles. The second-order valence-electron chi connectivity index (χ2n) is 8.61. The van der Waals surface area contributed by atoms with Gasteiger partial charge in [0.05, 0.1) is 10.4 Å². The predicted molar refractivity (Wildman–Crippen MR) is 143 cm³/mol. The van der Waals surface area contributed by atoms with Crippen LogP contribution in [0, 0.1) is 0 Å². The van der Waals surface area contributed by atoms with E-state index in [-0.39, 0.29) is 42.0 Å². The van der Waals surface area contributed by atoms with E-state index < -0.39 is 31.7 Å². The molecular weight excluding hydrogens is 567 g/mol. The van der Waals surface area contributed by atoms with Crippen LogP contribution in [0.15, 0.2) is 71.8 Å². The van der Waals surface area contributed by atoms with E-state index in [1.54, 1.807) is 48.5 Å². The summed E-state index contributed by atoms with van der Waals surface area (Å²) in [5.74, 6) is -0.657. The van der Waals surface area contributed by atoms with Gasteiger partial charge in [0.2, 0.25) is 0 Å². The topological polar surface area (TPSA) is 62.6 Å². The first-order chi connectivity index (χ1) is 17.5. The maximum Gasteiger partial charge on any atom is 0.274 e. The van der Waals surface area contributed by atoms with Crippen LogP contribution < -0.4 is 4.90 Å². The molecule has 0 radical (unpaired) electrons. The summed E-state index contributed by atoms with van der Waals surface area (Å²) in [6, 6.07) is 16.7. The number of benzene rings is 3. The second kappa shape index (κ2) is 9.62. The number of halogens is 5. The van der Waals surface area contributed by atoms with Crippen LogP contribution >= 0.6 is 34.8 Å². The van der Waals surface area contributed by atoms with E-state index in [9.17, 15) is 22.0 Å². The van der Waals surface area contributed by atoms with Crippen molar-refractivity contribution in [3.8, 4) is 0 Å². The minimum Gasteiger partial charge on any atom is -0.367 e. The Labute approximate surface area is 227 Å². The Kier molecular flexibility index (Phi) is 6.77. The van der Waals surface area contributed by atoms with Crippen molar-refractivity contribution in [1.82, 2.24) is 8.87 Å². The first-order valence-electron chi connectivity index (χ1n) is 11.3. The number of aromatic nitrogens is 1. The number of rotatable bonds is 4. The summed E-state index contributed by atoms with van der Waals surface area (Å²) in [6.07, 6.45) is -1.92. The summed E-state index contributed by atoms with van der Waals surface area (Å²) in [5.41, 5.74) is 0.190. The number of amides is 1. The van der Waals surface area contributed by atoms with Crippen molar-refractivity contribution in [2.75, 3.05) is 31.1 Å². The van der Waals surface area contributed by atoms with Gasteiger partial charge in [-0.25, -0.2) is 21.2 Å². The highest BCUT2D eigenvalue weighted by molar-refractivity contribution is 7.90. The summed E-state index contributed by atoms with van der Waals surface area (Å²) in [6.45, 7) is 0.995. The van der Waals surface area contributed by atoms with Crippen LogP contribution in [0.3, 0.4) is 0 Å². The fourth-order valence-corrected chi connectivity index (χ4v) is 6.70. The highest BCUT2D eigenvalue weighted by atomic mass is 35.6. The highest BCUT2D eigenvalue weighted by Gasteiger charge is 2.37. The van der Waals surface area contributed by atoms with Crippen LogP contribution in [-0.4, -0.2) is 53.2 Å². The summed E-state index contributed by atoms with van der Waals surface area (Å²) in [4.78, 5) is 15.5. The molecule has 6 nitrogen and oxygen atoms in total. The maximum atomic E-state index is 14.3. The van der Waals surface area contributed by atoms with Gasteiger partial charge in [0.25, 0.3) is 26.1 Å². The van der Waals surface area contributed by atoms with E-state index in [1.165, 1.54) is 17.0 Å². The Balaban J connectivity index is 1.60. The van der Waals surface area contributed by atoms with E-state index in [4.69, 9.17) is 34.8 Å². The van der Waals surface area contributed by atoms with Gasteiger partial charge in [0.15, 0.2) is 0 Å². The third kappa shape index (κ3) is 4.63. The zero-order valence-electron chi connectivity index (χ0n) is 19.1. The molecule has 12 heteroatoms. The molecule has 194 valence electrons. The van der Waals surface area contributed by atoms with Crippen LogP contribution in [-0.2, 0) is 14.8 Å². The summed E-state index contributed by atoms with van der Waals surface area (Å²) < 4.78 is 55.0. The SMILES string of the molecule is O=C(N1CCN(c2cccc3c2c(C(F)F)cn3S(=O)(=O)c2cccc3ccccc23)CC1)C(Cl)(Cl)Cl. The monoisotopic (exact) mass is 585 g/mol. The molecule has 0 bridgehead atoms. The molecule has 4 aromatic rings. The molecule has 0 spiro atoms. The Morgan fingerprint density at radius 3 is 2.22 bits per heavy atom. The number of anilines is 1. The van der Waals surface area contributed by atoms with Crippen LogP contribution in [0.1, 0.15) is 12.0 Å². The lowest BCUT2D eigenvalue weighted by Crippen LogP contribution is -2.51. The lowest BCUT2D eigenvalue weighted by atomic mass is 10.1. The lowest BCUT2D eigenvalue weighted by molar-refractivity contribution is -0.130. The van der Waals surface area contributed by atoms with Crippen molar-refractivity contribution >= 4 is 78.1 Å². The largest absolute Gasteiger partial charge is 0.367 e. The second-order valence-corrected chi connectivity index (χ2v) is 12.7. The van der Waals surface area contributed by atoms with Crippen LogP contribution in [0.5, 0.6) is 0 Å². The highest BCUT2D eigenvalue weighted by Crippen LogP contribution is 2.39. The van der Waals surface area contributed by atoms with Crippen molar-refractivity contribution in [2.24, 2.45) is 0 Å². The van der Waals surface area contributed by atoms with Gasteiger partial charge in [-0.1, -0.05) is 77.3 Å². The molecule has 0 saturated carbocycles. The minimum atomic E-state index is -4.22. The predicted octanol–water partition coefficient (Wildman–Crippen LogP) is 5.99. The van der Waals surface area contributed by atoms with Crippen LogP contribution in [0.2, 0.25) is 0 Å². The molecule has 3 aromatic carbocycles. The Morgan fingerprint density at radius 2 is 1.54 bits per heavy atom. The lowest BCUT2D eigenvalue weighted by Gasteiger charge is -2.37. The quantitative estimate of drug-likeness (QED) is 0.276. The van der Waals surface area contributed by atoms with E-state index >= 15 is 0 Å². The molecule has 37 heavy (non-hydrogen) atoms.